The first-order valence-electron chi connectivity index (χ1n) is 6.89. The van der Waals surface area contributed by atoms with Gasteiger partial charge in [-0.15, -0.1) is 0 Å². The summed E-state index contributed by atoms with van der Waals surface area (Å²) in [6.07, 6.45) is 7.14. The van der Waals surface area contributed by atoms with Gasteiger partial charge in [-0.2, -0.15) is 4.39 Å². The molecule has 1 atom stereocenters. The molecule has 0 aliphatic carbocycles. The van der Waals surface area contributed by atoms with Gasteiger partial charge in [-0.1, -0.05) is 46.5 Å². The van der Waals surface area contributed by atoms with E-state index in [0.717, 1.165) is 30.5 Å². The Morgan fingerprint density at radius 1 is 1.18 bits per heavy atom. The summed E-state index contributed by atoms with van der Waals surface area (Å²) in [5, 5.41) is 0. The number of nitrogens with one attached hydrogen (secondary N) is 1. The zero-order valence-corrected chi connectivity index (χ0v) is 11.7. The topological polar surface area (TPSA) is 15.8 Å². The number of hydrogen-bond donors (Lipinski definition) is 1. The average Bonchev–Trinajstić information content (AvgIpc) is 2.59. The molecule has 1 heterocycles. The first kappa shape index (κ1) is 14.3. The summed E-state index contributed by atoms with van der Waals surface area (Å²) in [6.45, 7) is 8.69. The van der Waals surface area contributed by atoms with Crippen LogP contribution in [0.3, 0.4) is 0 Å². The Morgan fingerprint density at radius 2 is 1.88 bits per heavy atom. The van der Waals surface area contributed by atoms with Crippen LogP contribution in [0.25, 0.3) is 0 Å². The molecule has 0 aromatic carbocycles. The third kappa shape index (κ3) is 3.58. The summed E-state index contributed by atoms with van der Waals surface area (Å²) < 4.78 is 13.3. The lowest BCUT2D eigenvalue weighted by Crippen LogP contribution is -2.23. The van der Waals surface area contributed by atoms with E-state index in [2.05, 4.69) is 25.8 Å². The zero-order chi connectivity index (χ0) is 12.9. The molecule has 0 fully saturated rings. The van der Waals surface area contributed by atoms with Gasteiger partial charge in [-0.05, 0) is 31.4 Å². The van der Waals surface area contributed by atoms with Gasteiger partial charge >= 0.3 is 0 Å². The van der Waals surface area contributed by atoms with Crippen molar-refractivity contribution >= 4 is 0 Å². The Balaban J connectivity index is 2.86. The van der Waals surface area contributed by atoms with Crippen LogP contribution in [-0.4, -0.2) is 4.98 Å². The molecule has 0 saturated heterocycles. The van der Waals surface area contributed by atoms with E-state index in [9.17, 15) is 4.39 Å². The molecule has 98 valence electrons. The van der Waals surface area contributed by atoms with Gasteiger partial charge < -0.3 is 4.98 Å². The minimum atomic E-state index is -0.199. The SMILES string of the molecule is CCCCCC(C)(CCC)c1[nH]c(F)cc1C. The number of aryl methyl sites for hydroxylation is 1. The fraction of sp³-hybridized carbons (Fsp3) is 0.733. The molecule has 1 aromatic rings. The van der Waals surface area contributed by atoms with Crippen LogP contribution in [-0.2, 0) is 5.41 Å². The van der Waals surface area contributed by atoms with E-state index in [1.165, 1.54) is 19.3 Å². The molecule has 1 unspecified atom stereocenters. The Morgan fingerprint density at radius 3 is 2.35 bits per heavy atom. The van der Waals surface area contributed by atoms with Gasteiger partial charge in [0.05, 0.1) is 0 Å². The zero-order valence-electron chi connectivity index (χ0n) is 11.7. The first-order valence-corrected chi connectivity index (χ1v) is 6.89. The molecule has 0 aliphatic rings. The minimum absolute atomic E-state index is 0.109. The molecule has 0 radical (unpaired) electrons. The van der Waals surface area contributed by atoms with Gasteiger partial charge in [0.25, 0.3) is 0 Å². The molecule has 0 amide bonds. The van der Waals surface area contributed by atoms with Gasteiger partial charge in [0.1, 0.15) is 0 Å². The Kier molecular flexibility index (Phi) is 5.23. The molecule has 0 aliphatic heterocycles. The molecule has 0 bridgehead atoms. The van der Waals surface area contributed by atoms with Crippen molar-refractivity contribution in [1.29, 1.82) is 0 Å². The van der Waals surface area contributed by atoms with E-state index in [1.807, 2.05) is 6.92 Å². The largest absolute Gasteiger partial charge is 0.335 e. The number of rotatable bonds is 7. The van der Waals surface area contributed by atoms with Crippen LogP contribution >= 0.6 is 0 Å². The monoisotopic (exact) mass is 239 g/mol. The van der Waals surface area contributed by atoms with Gasteiger partial charge in [-0.3, -0.25) is 0 Å². The van der Waals surface area contributed by atoms with E-state index in [4.69, 9.17) is 0 Å². The summed E-state index contributed by atoms with van der Waals surface area (Å²) >= 11 is 0. The van der Waals surface area contributed by atoms with Crippen molar-refractivity contribution in [2.24, 2.45) is 0 Å². The van der Waals surface area contributed by atoms with Crippen LogP contribution < -0.4 is 0 Å². The highest BCUT2D eigenvalue weighted by molar-refractivity contribution is 5.27. The first-order chi connectivity index (χ1) is 8.03. The lowest BCUT2D eigenvalue weighted by molar-refractivity contribution is 0.366. The van der Waals surface area contributed by atoms with Gasteiger partial charge in [0, 0.05) is 11.1 Å². The molecule has 1 nitrogen and oxygen atoms in total. The molecule has 1 aromatic heterocycles. The van der Waals surface area contributed by atoms with Crippen molar-refractivity contribution in [1.82, 2.24) is 4.98 Å². The van der Waals surface area contributed by atoms with Gasteiger partial charge in [0.15, 0.2) is 5.95 Å². The quantitative estimate of drug-likeness (QED) is 0.637. The lowest BCUT2D eigenvalue weighted by atomic mass is 9.76. The van der Waals surface area contributed by atoms with E-state index >= 15 is 0 Å². The van der Waals surface area contributed by atoms with Crippen molar-refractivity contribution in [3.63, 3.8) is 0 Å². The van der Waals surface area contributed by atoms with Crippen LogP contribution in [0.1, 0.15) is 70.6 Å². The highest BCUT2D eigenvalue weighted by Gasteiger charge is 2.28. The molecule has 2 heteroatoms. The second kappa shape index (κ2) is 6.23. The number of halogens is 1. The maximum atomic E-state index is 13.3. The van der Waals surface area contributed by atoms with Crippen LogP contribution in [0, 0.1) is 12.9 Å². The summed E-state index contributed by atoms with van der Waals surface area (Å²) in [7, 11) is 0. The third-order valence-corrected chi connectivity index (χ3v) is 3.72. The number of unbranched alkanes of at least 4 members (excludes halogenated alkanes) is 2. The molecule has 1 N–H and O–H groups in total. The van der Waals surface area contributed by atoms with E-state index in [1.54, 1.807) is 6.07 Å². The Bertz CT molecular complexity index is 343. The van der Waals surface area contributed by atoms with Crippen molar-refractivity contribution in [3.05, 3.63) is 23.3 Å². The lowest BCUT2D eigenvalue weighted by Gasteiger charge is -2.29. The van der Waals surface area contributed by atoms with Gasteiger partial charge in [-0.25, -0.2) is 0 Å². The summed E-state index contributed by atoms with van der Waals surface area (Å²) in [5.74, 6) is -0.199. The fourth-order valence-electron chi connectivity index (χ4n) is 2.84. The summed E-state index contributed by atoms with van der Waals surface area (Å²) in [4.78, 5) is 2.93. The molecule has 17 heavy (non-hydrogen) atoms. The smallest absolute Gasteiger partial charge is 0.191 e. The molecule has 0 saturated carbocycles. The fourth-order valence-corrected chi connectivity index (χ4v) is 2.84. The van der Waals surface area contributed by atoms with Crippen molar-refractivity contribution in [2.45, 2.75) is 71.6 Å². The summed E-state index contributed by atoms with van der Waals surface area (Å²) in [5.41, 5.74) is 2.28. The third-order valence-electron chi connectivity index (χ3n) is 3.72. The predicted molar refractivity (Wildman–Crippen MR) is 71.9 cm³/mol. The second-order valence-corrected chi connectivity index (χ2v) is 5.44. The minimum Gasteiger partial charge on any atom is -0.335 e. The normalized spacial score (nSPS) is 14.9. The van der Waals surface area contributed by atoms with Crippen LogP contribution in [0.5, 0.6) is 0 Å². The number of hydrogen-bond acceptors (Lipinski definition) is 0. The number of aromatic nitrogens is 1. The van der Waals surface area contributed by atoms with Crippen molar-refractivity contribution < 1.29 is 4.39 Å². The molecular weight excluding hydrogens is 213 g/mol. The number of aromatic amines is 1. The molecule has 0 spiro atoms. The Hall–Kier alpha value is -0.790. The average molecular weight is 239 g/mol. The molecular formula is C15H26FN. The van der Waals surface area contributed by atoms with E-state index in [-0.39, 0.29) is 11.4 Å². The standard InChI is InChI=1S/C15H26FN/c1-5-7-8-10-15(4,9-6-2)14-12(3)11-13(16)17-14/h11,17H,5-10H2,1-4H3. The predicted octanol–water partition coefficient (Wildman–Crippen LogP) is 5.10. The molecule has 1 rings (SSSR count). The van der Waals surface area contributed by atoms with Crippen LogP contribution in [0.4, 0.5) is 4.39 Å². The van der Waals surface area contributed by atoms with Crippen LogP contribution in [0.15, 0.2) is 6.07 Å². The Labute approximate surface area is 105 Å². The number of H-pyrrole nitrogens is 1. The van der Waals surface area contributed by atoms with E-state index < -0.39 is 0 Å². The van der Waals surface area contributed by atoms with E-state index in [0.29, 0.717) is 0 Å². The van der Waals surface area contributed by atoms with Crippen molar-refractivity contribution in [3.8, 4) is 0 Å². The highest BCUT2D eigenvalue weighted by atomic mass is 19.1. The van der Waals surface area contributed by atoms with Crippen molar-refractivity contribution in [2.75, 3.05) is 0 Å². The van der Waals surface area contributed by atoms with Crippen LogP contribution in [0.2, 0.25) is 0 Å². The maximum absolute atomic E-state index is 13.3. The highest BCUT2D eigenvalue weighted by Crippen LogP contribution is 2.35. The maximum Gasteiger partial charge on any atom is 0.191 e. The second-order valence-electron chi connectivity index (χ2n) is 5.44. The van der Waals surface area contributed by atoms with Gasteiger partial charge in [0.2, 0.25) is 0 Å². The summed E-state index contributed by atoms with van der Waals surface area (Å²) in [6, 6.07) is 1.61.